The first-order valence-electron chi connectivity index (χ1n) is 5.81. The van der Waals surface area contributed by atoms with E-state index in [1.54, 1.807) is 0 Å². The highest BCUT2D eigenvalue weighted by Gasteiger charge is 2.42. The Kier molecular flexibility index (Phi) is 2.93. The van der Waals surface area contributed by atoms with Crippen LogP contribution in [-0.2, 0) is 9.59 Å². The standard InChI is InChI=1S/C11H18N2O2/c1-2-4-10(14)13-6-3-5-8-9(13)7-12-11(8)15/h8-9H,2-7H2,1H3,(H,12,15). The fourth-order valence-corrected chi connectivity index (χ4v) is 2.62. The largest absolute Gasteiger partial charge is 0.354 e. The Morgan fingerprint density at radius 2 is 2.40 bits per heavy atom. The molecule has 2 amide bonds. The van der Waals surface area contributed by atoms with Crippen molar-refractivity contribution in [1.82, 2.24) is 10.2 Å². The summed E-state index contributed by atoms with van der Waals surface area (Å²) in [7, 11) is 0. The molecule has 0 spiro atoms. The maximum absolute atomic E-state index is 11.8. The predicted octanol–water partition coefficient (Wildman–Crippen LogP) is 0.523. The van der Waals surface area contributed by atoms with E-state index in [4.69, 9.17) is 0 Å². The zero-order chi connectivity index (χ0) is 10.8. The summed E-state index contributed by atoms with van der Waals surface area (Å²) in [5.74, 6) is 0.400. The summed E-state index contributed by atoms with van der Waals surface area (Å²) in [4.78, 5) is 25.2. The molecule has 0 radical (unpaired) electrons. The summed E-state index contributed by atoms with van der Waals surface area (Å²) in [6.07, 6.45) is 3.39. The Morgan fingerprint density at radius 3 is 3.13 bits per heavy atom. The van der Waals surface area contributed by atoms with Crippen molar-refractivity contribution in [2.24, 2.45) is 5.92 Å². The number of amides is 2. The molecule has 2 unspecified atom stereocenters. The van der Waals surface area contributed by atoms with Gasteiger partial charge in [0.25, 0.3) is 0 Å². The van der Waals surface area contributed by atoms with E-state index < -0.39 is 0 Å². The summed E-state index contributed by atoms with van der Waals surface area (Å²) >= 11 is 0. The Hall–Kier alpha value is -1.06. The molecule has 1 N–H and O–H groups in total. The molecule has 0 bridgehead atoms. The molecule has 0 aromatic rings. The lowest BCUT2D eigenvalue weighted by molar-refractivity contribution is -0.136. The van der Waals surface area contributed by atoms with Gasteiger partial charge in [0.15, 0.2) is 0 Å². The second-order valence-electron chi connectivity index (χ2n) is 4.40. The van der Waals surface area contributed by atoms with Crippen molar-refractivity contribution in [2.75, 3.05) is 13.1 Å². The lowest BCUT2D eigenvalue weighted by atomic mass is 9.91. The van der Waals surface area contributed by atoms with E-state index in [0.29, 0.717) is 13.0 Å². The molecule has 2 atom stereocenters. The Morgan fingerprint density at radius 1 is 1.60 bits per heavy atom. The molecule has 2 aliphatic heterocycles. The highest BCUT2D eigenvalue weighted by atomic mass is 16.2. The van der Waals surface area contributed by atoms with Gasteiger partial charge in [-0.25, -0.2) is 0 Å². The van der Waals surface area contributed by atoms with Crippen LogP contribution in [0.25, 0.3) is 0 Å². The lowest BCUT2D eigenvalue weighted by Crippen LogP contribution is -2.48. The summed E-state index contributed by atoms with van der Waals surface area (Å²) < 4.78 is 0. The first-order chi connectivity index (χ1) is 7.24. The molecular formula is C11H18N2O2. The maximum Gasteiger partial charge on any atom is 0.225 e. The number of nitrogens with zero attached hydrogens (tertiary/aromatic N) is 1. The third kappa shape index (κ3) is 1.85. The predicted molar refractivity (Wildman–Crippen MR) is 56.1 cm³/mol. The van der Waals surface area contributed by atoms with Crippen LogP contribution in [-0.4, -0.2) is 35.8 Å². The number of nitrogens with one attached hydrogen (secondary N) is 1. The van der Waals surface area contributed by atoms with Gasteiger partial charge in [0, 0.05) is 19.5 Å². The summed E-state index contributed by atoms with van der Waals surface area (Å²) in [6.45, 7) is 3.49. The molecular weight excluding hydrogens is 192 g/mol. The third-order valence-corrected chi connectivity index (χ3v) is 3.39. The SMILES string of the molecule is CCCC(=O)N1CCCC2C(=O)NCC21. The van der Waals surface area contributed by atoms with E-state index >= 15 is 0 Å². The van der Waals surface area contributed by atoms with E-state index in [0.717, 1.165) is 25.8 Å². The Balaban J connectivity index is 2.06. The number of carbonyl (C=O) groups is 2. The first kappa shape index (κ1) is 10.5. The van der Waals surface area contributed by atoms with Crippen molar-refractivity contribution in [1.29, 1.82) is 0 Å². The minimum absolute atomic E-state index is 0.0551. The topological polar surface area (TPSA) is 49.4 Å². The molecule has 2 heterocycles. The van der Waals surface area contributed by atoms with Crippen molar-refractivity contribution in [3.63, 3.8) is 0 Å². The van der Waals surface area contributed by atoms with Crippen LogP contribution in [0.5, 0.6) is 0 Å². The number of likely N-dealkylation sites (tertiary alicyclic amines) is 1. The molecule has 4 heteroatoms. The molecule has 2 fully saturated rings. The van der Waals surface area contributed by atoms with Crippen molar-refractivity contribution in [3.8, 4) is 0 Å². The third-order valence-electron chi connectivity index (χ3n) is 3.39. The molecule has 2 rings (SSSR count). The van der Waals surface area contributed by atoms with Gasteiger partial charge < -0.3 is 10.2 Å². The van der Waals surface area contributed by atoms with E-state index in [1.807, 2.05) is 11.8 Å². The van der Waals surface area contributed by atoms with Crippen molar-refractivity contribution in [3.05, 3.63) is 0 Å². The van der Waals surface area contributed by atoms with Gasteiger partial charge in [-0.3, -0.25) is 9.59 Å². The zero-order valence-corrected chi connectivity index (χ0v) is 9.16. The van der Waals surface area contributed by atoms with E-state index in [-0.39, 0.29) is 23.8 Å². The highest BCUT2D eigenvalue weighted by Crippen LogP contribution is 2.27. The van der Waals surface area contributed by atoms with Gasteiger partial charge in [-0.15, -0.1) is 0 Å². The van der Waals surface area contributed by atoms with Crippen LogP contribution in [0, 0.1) is 5.92 Å². The fraction of sp³-hybridized carbons (Fsp3) is 0.818. The summed E-state index contributed by atoms with van der Waals surface area (Å²) in [6, 6.07) is 0.130. The lowest BCUT2D eigenvalue weighted by Gasteiger charge is -2.35. The van der Waals surface area contributed by atoms with Crippen LogP contribution in [0.2, 0.25) is 0 Å². The molecule has 15 heavy (non-hydrogen) atoms. The molecule has 84 valence electrons. The first-order valence-corrected chi connectivity index (χ1v) is 5.81. The quantitative estimate of drug-likeness (QED) is 0.722. The van der Waals surface area contributed by atoms with Gasteiger partial charge in [0.1, 0.15) is 0 Å². The number of rotatable bonds is 2. The Labute approximate surface area is 90.0 Å². The molecule has 2 aliphatic rings. The zero-order valence-electron chi connectivity index (χ0n) is 9.16. The van der Waals surface area contributed by atoms with Gasteiger partial charge in [-0.2, -0.15) is 0 Å². The maximum atomic E-state index is 11.8. The smallest absolute Gasteiger partial charge is 0.225 e. The van der Waals surface area contributed by atoms with Crippen LogP contribution in [0.1, 0.15) is 32.6 Å². The van der Waals surface area contributed by atoms with Crippen LogP contribution >= 0.6 is 0 Å². The van der Waals surface area contributed by atoms with Gasteiger partial charge in [0.2, 0.25) is 11.8 Å². The van der Waals surface area contributed by atoms with Gasteiger partial charge in [-0.05, 0) is 19.3 Å². The van der Waals surface area contributed by atoms with Gasteiger partial charge in [0.05, 0.1) is 12.0 Å². The van der Waals surface area contributed by atoms with Crippen LogP contribution in [0.15, 0.2) is 0 Å². The molecule has 0 saturated carbocycles. The molecule has 0 aliphatic carbocycles. The minimum Gasteiger partial charge on any atom is -0.354 e. The molecule has 0 aromatic heterocycles. The van der Waals surface area contributed by atoms with Crippen molar-refractivity contribution >= 4 is 11.8 Å². The summed E-state index contributed by atoms with van der Waals surface area (Å²) in [5.41, 5.74) is 0. The fourth-order valence-electron chi connectivity index (χ4n) is 2.62. The second kappa shape index (κ2) is 4.21. The number of hydrogen-bond acceptors (Lipinski definition) is 2. The number of piperidine rings is 1. The van der Waals surface area contributed by atoms with Crippen LogP contribution in [0.3, 0.4) is 0 Å². The van der Waals surface area contributed by atoms with E-state index in [9.17, 15) is 9.59 Å². The monoisotopic (exact) mass is 210 g/mol. The van der Waals surface area contributed by atoms with Gasteiger partial charge in [-0.1, -0.05) is 6.92 Å². The van der Waals surface area contributed by atoms with Crippen molar-refractivity contribution in [2.45, 2.75) is 38.6 Å². The van der Waals surface area contributed by atoms with Gasteiger partial charge >= 0.3 is 0 Å². The van der Waals surface area contributed by atoms with Crippen LogP contribution < -0.4 is 5.32 Å². The van der Waals surface area contributed by atoms with Crippen molar-refractivity contribution < 1.29 is 9.59 Å². The minimum atomic E-state index is 0.0551. The van der Waals surface area contributed by atoms with E-state index in [1.165, 1.54) is 0 Å². The van der Waals surface area contributed by atoms with E-state index in [2.05, 4.69) is 5.32 Å². The molecule has 0 aromatic carbocycles. The normalized spacial score (nSPS) is 29.9. The number of carbonyl (C=O) groups excluding carboxylic acids is 2. The average molecular weight is 210 g/mol. The molecule has 4 nitrogen and oxygen atoms in total. The average Bonchev–Trinajstić information content (AvgIpc) is 2.61. The second-order valence-corrected chi connectivity index (χ2v) is 4.40. The number of fused-ring (bicyclic) bond motifs is 1. The molecule has 2 saturated heterocycles. The number of hydrogen-bond donors (Lipinski definition) is 1. The van der Waals surface area contributed by atoms with Crippen LogP contribution in [0.4, 0.5) is 0 Å². The highest BCUT2D eigenvalue weighted by molar-refractivity contribution is 5.84. The Bertz CT molecular complexity index is 278. The summed E-state index contributed by atoms with van der Waals surface area (Å²) in [5, 5.41) is 2.86.